The summed E-state index contributed by atoms with van der Waals surface area (Å²) >= 11 is 0. The Kier molecular flexibility index (Phi) is 2.66. The minimum Gasteiger partial charge on any atom is -0.454 e. The number of ether oxygens (including phenoxy) is 2. The van der Waals surface area contributed by atoms with Gasteiger partial charge in [-0.15, -0.1) is 0 Å². The summed E-state index contributed by atoms with van der Waals surface area (Å²) < 4.78 is 15.1. The van der Waals surface area contributed by atoms with Gasteiger partial charge in [-0.2, -0.15) is 5.26 Å². The number of nitriles is 1. The summed E-state index contributed by atoms with van der Waals surface area (Å²) in [6.07, 6.45) is 0. The number of hydrogen-bond acceptors (Lipinski definition) is 8. The third kappa shape index (κ3) is 1.81. The molecule has 0 saturated carbocycles. The SMILES string of the molecule is N#CC1=C(N)OC2=C(C(=O)OC2)C1c1ccc([N+](=O)[O-])o1. The first-order chi connectivity index (χ1) is 10.0. The molecule has 3 heterocycles. The van der Waals surface area contributed by atoms with Crippen LogP contribution in [0.5, 0.6) is 0 Å². The van der Waals surface area contributed by atoms with Gasteiger partial charge in [0.1, 0.15) is 28.9 Å². The van der Waals surface area contributed by atoms with Gasteiger partial charge >= 0.3 is 11.9 Å². The number of nitro groups is 1. The Bertz CT molecular complexity index is 766. The van der Waals surface area contributed by atoms with Crippen molar-refractivity contribution in [1.29, 1.82) is 5.26 Å². The van der Waals surface area contributed by atoms with Crippen LogP contribution < -0.4 is 5.73 Å². The molecule has 1 atom stereocenters. The van der Waals surface area contributed by atoms with E-state index in [9.17, 15) is 20.2 Å². The molecule has 1 unspecified atom stereocenters. The molecule has 0 aliphatic carbocycles. The second kappa shape index (κ2) is 4.38. The highest BCUT2D eigenvalue weighted by atomic mass is 16.6. The Balaban J connectivity index is 2.14. The quantitative estimate of drug-likeness (QED) is 0.478. The second-order valence-electron chi connectivity index (χ2n) is 4.27. The number of rotatable bonds is 2. The fourth-order valence-corrected chi connectivity index (χ4v) is 2.24. The number of cyclic esters (lactones) is 1. The van der Waals surface area contributed by atoms with Gasteiger partial charge in [0.2, 0.25) is 5.88 Å². The van der Waals surface area contributed by atoms with E-state index in [0.29, 0.717) is 0 Å². The Labute approximate surface area is 117 Å². The normalized spacial score (nSPS) is 20.7. The number of nitrogens with two attached hydrogens (primary N) is 1. The lowest BCUT2D eigenvalue weighted by Crippen LogP contribution is -2.21. The van der Waals surface area contributed by atoms with Crippen molar-refractivity contribution in [1.82, 2.24) is 0 Å². The third-order valence-corrected chi connectivity index (χ3v) is 3.13. The molecule has 9 nitrogen and oxygen atoms in total. The maximum Gasteiger partial charge on any atom is 0.433 e. The Morgan fingerprint density at radius 1 is 1.48 bits per heavy atom. The van der Waals surface area contributed by atoms with Gasteiger partial charge < -0.3 is 19.6 Å². The largest absolute Gasteiger partial charge is 0.454 e. The van der Waals surface area contributed by atoms with E-state index >= 15 is 0 Å². The van der Waals surface area contributed by atoms with Gasteiger partial charge in [0, 0.05) is 0 Å². The molecule has 9 heteroatoms. The number of carbonyl (C=O) groups excluding carboxylic acids is 1. The fourth-order valence-electron chi connectivity index (χ4n) is 2.24. The molecule has 3 rings (SSSR count). The third-order valence-electron chi connectivity index (χ3n) is 3.13. The standard InChI is InChI=1S/C12H7N3O6/c13-3-5-9(6-1-2-8(20-6)15(17)18)10-7(21-11(5)14)4-19-12(10)16/h1-2,9H,4,14H2. The molecule has 2 aliphatic heterocycles. The summed E-state index contributed by atoms with van der Waals surface area (Å²) in [4.78, 5) is 21.8. The molecule has 0 amide bonds. The molecule has 1 aromatic rings. The van der Waals surface area contributed by atoms with Crippen molar-refractivity contribution >= 4 is 11.9 Å². The van der Waals surface area contributed by atoms with Crippen LogP contribution in [0, 0.1) is 21.4 Å². The number of esters is 1. The van der Waals surface area contributed by atoms with Gasteiger partial charge in [0.25, 0.3) is 0 Å². The van der Waals surface area contributed by atoms with Crippen LogP contribution >= 0.6 is 0 Å². The summed E-state index contributed by atoms with van der Waals surface area (Å²) in [7, 11) is 0. The van der Waals surface area contributed by atoms with Gasteiger partial charge in [0.05, 0.1) is 17.6 Å². The summed E-state index contributed by atoms with van der Waals surface area (Å²) in [5.41, 5.74) is 5.66. The molecule has 0 saturated heterocycles. The highest BCUT2D eigenvalue weighted by molar-refractivity contribution is 5.94. The first-order valence-corrected chi connectivity index (χ1v) is 5.74. The summed E-state index contributed by atoms with van der Waals surface area (Å²) in [5, 5.41) is 19.9. The lowest BCUT2D eigenvalue weighted by atomic mass is 9.87. The molecule has 2 N–H and O–H groups in total. The molecule has 0 spiro atoms. The minimum atomic E-state index is -0.970. The highest BCUT2D eigenvalue weighted by Crippen LogP contribution is 2.43. The zero-order valence-corrected chi connectivity index (χ0v) is 10.4. The van der Waals surface area contributed by atoms with Crippen LogP contribution in [0.25, 0.3) is 0 Å². The molecule has 0 fully saturated rings. The van der Waals surface area contributed by atoms with Gasteiger partial charge in [-0.1, -0.05) is 0 Å². The zero-order chi connectivity index (χ0) is 15.1. The van der Waals surface area contributed by atoms with E-state index in [1.807, 2.05) is 6.07 Å². The van der Waals surface area contributed by atoms with Crippen molar-refractivity contribution in [2.24, 2.45) is 5.73 Å². The molecule has 2 aliphatic rings. The smallest absolute Gasteiger partial charge is 0.433 e. The van der Waals surface area contributed by atoms with Crippen LogP contribution in [0.15, 0.2) is 39.3 Å². The lowest BCUT2D eigenvalue weighted by Gasteiger charge is -2.21. The Morgan fingerprint density at radius 2 is 2.24 bits per heavy atom. The average molecular weight is 289 g/mol. The highest BCUT2D eigenvalue weighted by Gasteiger charge is 2.43. The van der Waals surface area contributed by atoms with Gasteiger partial charge in [0.15, 0.2) is 5.76 Å². The number of hydrogen-bond donors (Lipinski definition) is 1. The summed E-state index contributed by atoms with van der Waals surface area (Å²) in [5.74, 6) is -2.09. The average Bonchev–Trinajstić information content (AvgIpc) is 3.05. The monoisotopic (exact) mass is 289 g/mol. The fraction of sp³-hybridized carbons (Fsp3) is 0.167. The number of furan rings is 1. The van der Waals surface area contributed by atoms with Crippen LogP contribution in [-0.4, -0.2) is 17.5 Å². The van der Waals surface area contributed by atoms with E-state index in [4.69, 9.17) is 19.6 Å². The van der Waals surface area contributed by atoms with Crippen LogP contribution in [0.1, 0.15) is 11.7 Å². The van der Waals surface area contributed by atoms with E-state index in [1.54, 1.807) is 0 Å². The summed E-state index contributed by atoms with van der Waals surface area (Å²) in [6.45, 7) is -0.104. The summed E-state index contributed by atoms with van der Waals surface area (Å²) in [6, 6.07) is 4.28. The Hall–Kier alpha value is -3.28. The van der Waals surface area contributed by atoms with Crippen LogP contribution in [0.3, 0.4) is 0 Å². The van der Waals surface area contributed by atoms with E-state index < -0.39 is 22.7 Å². The van der Waals surface area contributed by atoms with Crippen LogP contribution in [0.2, 0.25) is 0 Å². The number of carbonyl (C=O) groups is 1. The molecule has 0 radical (unpaired) electrons. The van der Waals surface area contributed by atoms with Crippen LogP contribution in [0.4, 0.5) is 5.88 Å². The van der Waals surface area contributed by atoms with E-state index in [1.165, 1.54) is 6.07 Å². The van der Waals surface area contributed by atoms with Crippen molar-refractivity contribution in [3.63, 3.8) is 0 Å². The van der Waals surface area contributed by atoms with Gasteiger partial charge in [-0.3, -0.25) is 10.1 Å². The second-order valence-corrected chi connectivity index (χ2v) is 4.27. The van der Waals surface area contributed by atoms with Crippen molar-refractivity contribution in [3.8, 4) is 6.07 Å². The molecule has 0 aromatic carbocycles. The molecule has 106 valence electrons. The number of allylic oxidation sites excluding steroid dienone is 1. The number of nitrogens with zero attached hydrogens (tertiary/aromatic N) is 2. The van der Waals surface area contributed by atoms with Crippen LogP contribution in [-0.2, 0) is 14.3 Å². The predicted octanol–water partition coefficient (Wildman–Crippen LogP) is 0.806. The lowest BCUT2D eigenvalue weighted by molar-refractivity contribution is -0.402. The maximum atomic E-state index is 11.8. The van der Waals surface area contributed by atoms with E-state index in [-0.39, 0.29) is 35.2 Å². The topological polar surface area (TPSA) is 142 Å². The predicted molar refractivity (Wildman–Crippen MR) is 64.0 cm³/mol. The maximum absolute atomic E-state index is 11.8. The first-order valence-electron chi connectivity index (χ1n) is 5.74. The van der Waals surface area contributed by atoms with E-state index in [0.717, 1.165) is 6.07 Å². The molecule has 21 heavy (non-hydrogen) atoms. The van der Waals surface area contributed by atoms with Gasteiger partial charge in [-0.05, 0) is 6.07 Å². The molecular weight excluding hydrogens is 282 g/mol. The minimum absolute atomic E-state index is 0.0517. The molecular formula is C12H7N3O6. The van der Waals surface area contributed by atoms with Crippen molar-refractivity contribution in [2.45, 2.75) is 5.92 Å². The zero-order valence-electron chi connectivity index (χ0n) is 10.4. The first kappa shape index (κ1) is 12.7. The Morgan fingerprint density at radius 3 is 2.86 bits per heavy atom. The molecule has 0 bridgehead atoms. The van der Waals surface area contributed by atoms with E-state index in [2.05, 4.69) is 0 Å². The molecule has 1 aromatic heterocycles. The van der Waals surface area contributed by atoms with Crippen molar-refractivity contribution in [3.05, 3.63) is 50.8 Å². The van der Waals surface area contributed by atoms with Crippen molar-refractivity contribution < 1.29 is 23.6 Å². The van der Waals surface area contributed by atoms with Gasteiger partial charge in [-0.25, -0.2) is 4.79 Å². The van der Waals surface area contributed by atoms with Crippen molar-refractivity contribution in [2.75, 3.05) is 6.61 Å².